The molecule has 2 amide bonds. The highest BCUT2D eigenvalue weighted by Gasteiger charge is 2.20. The molecule has 0 aromatic carbocycles. The van der Waals surface area contributed by atoms with E-state index in [0.717, 1.165) is 17.9 Å². The van der Waals surface area contributed by atoms with Gasteiger partial charge in [0, 0.05) is 26.2 Å². The molecule has 2 N–H and O–H groups in total. The van der Waals surface area contributed by atoms with Crippen LogP contribution in [0.4, 0.5) is 4.79 Å². The minimum atomic E-state index is -0.832. The molecule has 1 aliphatic rings. The number of aliphatic carboxylic acids is 1. The number of hydrogen-bond donors (Lipinski definition) is 2. The van der Waals surface area contributed by atoms with Crippen LogP contribution in [0, 0.1) is 6.92 Å². The standard InChI is InChI=1S/C14H21N3O4/c1-11-3-4-12(21-11)9-15-14(20)17-6-2-5-16(7-8-17)10-13(18)19/h3-4H,2,5-10H2,1H3,(H,15,20)(H,18,19). The van der Waals surface area contributed by atoms with Gasteiger partial charge in [0.1, 0.15) is 11.5 Å². The Morgan fingerprint density at radius 3 is 2.76 bits per heavy atom. The number of carboxylic acid groups (broad SMARTS) is 1. The second-order valence-electron chi connectivity index (χ2n) is 5.18. The third-order valence-corrected chi connectivity index (χ3v) is 3.44. The summed E-state index contributed by atoms with van der Waals surface area (Å²) < 4.78 is 5.40. The molecule has 2 rings (SSSR count). The zero-order valence-corrected chi connectivity index (χ0v) is 12.2. The summed E-state index contributed by atoms with van der Waals surface area (Å²) in [7, 11) is 0. The van der Waals surface area contributed by atoms with Gasteiger partial charge in [-0.15, -0.1) is 0 Å². The molecule has 0 saturated carbocycles. The molecule has 0 radical (unpaired) electrons. The van der Waals surface area contributed by atoms with Crippen molar-refractivity contribution in [3.8, 4) is 0 Å². The van der Waals surface area contributed by atoms with Gasteiger partial charge in [0.05, 0.1) is 13.1 Å². The summed E-state index contributed by atoms with van der Waals surface area (Å²) >= 11 is 0. The molecule has 0 unspecified atom stereocenters. The lowest BCUT2D eigenvalue weighted by molar-refractivity contribution is -0.138. The number of carbonyl (C=O) groups is 2. The molecule has 0 bridgehead atoms. The minimum absolute atomic E-state index is 0.0289. The minimum Gasteiger partial charge on any atom is -0.480 e. The highest BCUT2D eigenvalue weighted by molar-refractivity contribution is 5.74. The first-order chi connectivity index (χ1) is 10.0. The molecular formula is C14H21N3O4. The molecule has 2 heterocycles. The smallest absolute Gasteiger partial charge is 0.317 e. The van der Waals surface area contributed by atoms with E-state index in [1.54, 1.807) is 4.90 Å². The van der Waals surface area contributed by atoms with E-state index in [-0.39, 0.29) is 12.6 Å². The molecule has 116 valence electrons. The topological polar surface area (TPSA) is 86.0 Å². The van der Waals surface area contributed by atoms with E-state index < -0.39 is 5.97 Å². The fourth-order valence-electron chi connectivity index (χ4n) is 2.38. The monoisotopic (exact) mass is 295 g/mol. The first-order valence-electron chi connectivity index (χ1n) is 7.07. The van der Waals surface area contributed by atoms with Crippen molar-refractivity contribution < 1.29 is 19.1 Å². The van der Waals surface area contributed by atoms with E-state index in [4.69, 9.17) is 9.52 Å². The summed E-state index contributed by atoms with van der Waals surface area (Å²) in [6.45, 7) is 4.71. The van der Waals surface area contributed by atoms with Gasteiger partial charge in [-0.05, 0) is 25.5 Å². The van der Waals surface area contributed by atoms with Crippen LogP contribution in [0.1, 0.15) is 17.9 Å². The molecule has 1 aromatic rings. The molecule has 1 fully saturated rings. The Balaban J connectivity index is 1.78. The van der Waals surface area contributed by atoms with Crippen LogP contribution in [0.25, 0.3) is 0 Å². The van der Waals surface area contributed by atoms with Crippen molar-refractivity contribution >= 4 is 12.0 Å². The predicted molar refractivity (Wildman–Crippen MR) is 75.9 cm³/mol. The van der Waals surface area contributed by atoms with Crippen LogP contribution in [-0.2, 0) is 11.3 Å². The number of carbonyl (C=O) groups excluding carboxylic acids is 1. The van der Waals surface area contributed by atoms with Gasteiger partial charge in [-0.3, -0.25) is 9.69 Å². The van der Waals surface area contributed by atoms with Crippen molar-refractivity contribution in [2.24, 2.45) is 0 Å². The summed E-state index contributed by atoms with van der Waals surface area (Å²) in [4.78, 5) is 26.4. The van der Waals surface area contributed by atoms with Crippen molar-refractivity contribution in [2.45, 2.75) is 19.9 Å². The Labute approximate surface area is 123 Å². The van der Waals surface area contributed by atoms with Gasteiger partial charge in [-0.2, -0.15) is 0 Å². The van der Waals surface area contributed by atoms with Crippen LogP contribution in [0.15, 0.2) is 16.5 Å². The second kappa shape index (κ2) is 7.12. The maximum absolute atomic E-state index is 12.1. The summed E-state index contributed by atoms with van der Waals surface area (Å²) in [6, 6.07) is 3.56. The van der Waals surface area contributed by atoms with E-state index >= 15 is 0 Å². The number of carboxylic acids is 1. The third kappa shape index (κ3) is 4.78. The normalized spacial score (nSPS) is 16.5. The zero-order chi connectivity index (χ0) is 15.2. The second-order valence-corrected chi connectivity index (χ2v) is 5.18. The number of aryl methyl sites for hydroxylation is 1. The summed E-state index contributed by atoms with van der Waals surface area (Å²) in [5, 5.41) is 11.6. The van der Waals surface area contributed by atoms with E-state index in [1.165, 1.54) is 0 Å². The zero-order valence-electron chi connectivity index (χ0n) is 12.2. The van der Waals surface area contributed by atoms with Gasteiger partial charge in [0.2, 0.25) is 0 Å². The molecule has 0 atom stereocenters. The Morgan fingerprint density at radius 2 is 2.10 bits per heavy atom. The highest BCUT2D eigenvalue weighted by atomic mass is 16.4. The number of furan rings is 1. The van der Waals surface area contributed by atoms with Gasteiger partial charge in [-0.25, -0.2) is 4.79 Å². The van der Waals surface area contributed by atoms with Crippen LogP contribution in [0.3, 0.4) is 0 Å². The van der Waals surface area contributed by atoms with Gasteiger partial charge >= 0.3 is 12.0 Å². The van der Waals surface area contributed by atoms with Crippen LogP contribution < -0.4 is 5.32 Å². The molecule has 7 heteroatoms. The maximum Gasteiger partial charge on any atom is 0.317 e. The number of nitrogens with one attached hydrogen (secondary N) is 1. The molecule has 21 heavy (non-hydrogen) atoms. The predicted octanol–water partition coefficient (Wildman–Crippen LogP) is 0.890. The van der Waals surface area contributed by atoms with E-state index in [9.17, 15) is 9.59 Å². The molecule has 1 saturated heterocycles. The number of urea groups is 1. The van der Waals surface area contributed by atoms with Gasteiger partial charge in [0.15, 0.2) is 0 Å². The largest absolute Gasteiger partial charge is 0.480 e. The fraction of sp³-hybridized carbons (Fsp3) is 0.571. The fourth-order valence-corrected chi connectivity index (χ4v) is 2.38. The van der Waals surface area contributed by atoms with Crippen molar-refractivity contribution in [3.05, 3.63) is 23.7 Å². The van der Waals surface area contributed by atoms with Crippen LogP contribution in [0.2, 0.25) is 0 Å². The quantitative estimate of drug-likeness (QED) is 0.861. The van der Waals surface area contributed by atoms with E-state index in [2.05, 4.69) is 5.32 Å². The first kappa shape index (κ1) is 15.4. The maximum atomic E-state index is 12.1. The number of hydrogen-bond acceptors (Lipinski definition) is 4. The lowest BCUT2D eigenvalue weighted by Crippen LogP contribution is -2.42. The summed E-state index contributed by atoms with van der Waals surface area (Å²) in [6.07, 6.45) is 0.778. The van der Waals surface area contributed by atoms with E-state index in [0.29, 0.717) is 32.7 Å². The Morgan fingerprint density at radius 1 is 1.29 bits per heavy atom. The summed E-state index contributed by atoms with van der Waals surface area (Å²) in [5.41, 5.74) is 0. The molecule has 1 aliphatic heterocycles. The highest BCUT2D eigenvalue weighted by Crippen LogP contribution is 2.07. The molecule has 7 nitrogen and oxygen atoms in total. The van der Waals surface area contributed by atoms with Crippen molar-refractivity contribution in [2.75, 3.05) is 32.7 Å². The van der Waals surface area contributed by atoms with Crippen LogP contribution in [0.5, 0.6) is 0 Å². The number of rotatable bonds is 4. The van der Waals surface area contributed by atoms with Gasteiger partial charge in [-0.1, -0.05) is 0 Å². The SMILES string of the molecule is Cc1ccc(CNC(=O)N2CCCN(CC(=O)O)CC2)o1. The average Bonchev–Trinajstić information content (AvgIpc) is 2.70. The summed E-state index contributed by atoms with van der Waals surface area (Å²) in [5.74, 6) is 0.711. The van der Waals surface area contributed by atoms with Crippen molar-refractivity contribution in [1.82, 2.24) is 15.1 Å². The van der Waals surface area contributed by atoms with Crippen LogP contribution >= 0.6 is 0 Å². The molecular weight excluding hydrogens is 274 g/mol. The van der Waals surface area contributed by atoms with Crippen molar-refractivity contribution in [1.29, 1.82) is 0 Å². The van der Waals surface area contributed by atoms with E-state index in [1.807, 2.05) is 24.0 Å². The molecule has 0 aliphatic carbocycles. The third-order valence-electron chi connectivity index (χ3n) is 3.44. The van der Waals surface area contributed by atoms with Gasteiger partial charge < -0.3 is 19.7 Å². The number of nitrogens with zero attached hydrogens (tertiary/aromatic N) is 2. The lowest BCUT2D eigenvalue weighted by Gasteiger charge is -2.21. The lowest BCUT2D eigenvalue weighted by atomic mass is 10.4. The molecule has 1 aromatic heterocycles. The average molecular weight is 295 g/mol. The Hall–Kier alpha value is -2.02. The van der Waals surface area contributed by atoms with Crippen LogP contribution in [-0.4, -0.2) is 59.6 Å². The Bertz CT molecular complexity index is 500. The van der Waals surface area contributed by atoms with Gasteiger partial charge in [0.25, 0.3) is 0 Å². The number of amides is 2. The van der Waals surface area contributed by atoms with Crippen molar-refractivity contribution in [3.63, 3.8) is 0 Å². The first-order valence-corrected chi connectivity index (χ1v) is 7.07. The Kier molecular flexibility index (Phi) is 5.21. The molecule has 0 spiro atoms.